The molecule has 2 nitrogen and oxygen atoms in total. The van der Waals surface area contributed by atoms with E-state index >= 15 is 0 Å². The Labute approximate surface area is 54.5 Å². The largest absolute Gasteiger partial charge is 0.373 e. The highest BCUT2D eigenvalue weighted by molar-refractivity contribution is 5.80. The number of rotatable bonds is 1. The van der Waals surface area contributed by atoms with Gasteiger partial charge >= 0.3 is 0 Å². The summed E-state index contributed by atoms with van der Waals surface area (Å²) in [7, 11) is 0. The lowest BCUT2D eigenvalue weighted by Gasteiger charge is -2.16. The van der Waals surface area contributed by atoms with Gasteiger partial charge in [0.2, 0.25) is 0 Å². The minimum atomic E-state index is 0.186. The molecule has 1 rings (SSSR count). The average Bonchev–Trinajstić information content (AvgIpc) is 1.88. The number of hydrogen-bond donors (Lipinski definition) is 0. The third kappa shape index (κ3) is 1.64. The first-order chi connectivity index (χ1) is 4.33. The number of ketones is 1. The number of carbonyl (C=O) groups is 1. The second-order valence-electron chi connectivity index (χ2n) is 2.25. The summed E-state index contributed by atoms with van der Waals surface area (Å²) in [6.45, 7) is 4.54. The number of ether oxygens (including phenoxy) is 1. The third-order valence-electron chi connectivity index (χ3n) is 1.42. The van der Waals surface area contributed by atoms with Crippen molar-refractivity contribution in [3.63, 3.8) is 0 Å². The van der Waals surface area contributed by atoms with Crippen molar-refractivity contribution in [2.75, 3.05) is 13.2 Å². The van der Waals surface area contributed by atoms with Gasteiger partial charge in [-0.3, -0.25) is 4.79 Å². The molecule has 0 N–H and O–H groups in total. The molecule has 1 atom stereocenters. The van der Waals surface area contributed by atoms with Crippen molar-refractivity contribution in [3.05, 3.63) is 12.7 Å². The topological polar surface area (TPSA) is 26.3 Å². The summed E-state index contributed by atoms with van der Waals surface area (Å²) < 4.78 is 4.96. The summed E-state index contributed by atoms with van der Waals surface area (Å²) in [5, 5.41) is 0. The Kier molecular flexibility index (Phi) is 2.01. The first-order valence-corrected chi connectivity index (χ1v) is 3.05. The molecule has 1 unspecified atom stereocenters. The van der Waals surface area contributed by atoms with Crippen molar-refractivity contribution in [3.8, 4) is 0 Å². The van der Waals surface area contributed by atoms with E-state index in [4.69, 9.17) is 4.74 Å². The van der Waals surface area contributed by atoms with Crippen molar-refractivity contribution in [2.45, 2.75) is 6.42 Å². The lowest BCUT2D eigenvalue weighted by Crippen LogP contribution is -2.23. The summed E-state index contributed by atoms with van der Waals surface area (Å²) in [6, 6.07) is 0. The zero-order valence-corrected chi connectivity index (χ0v) is 5.30. The maximum Gasteiger partial charge on any atom is 0.159 e. The van der Waals surface area contributed by atoms with Gasteiger partial charge in [0.1, 0.15) is 6.61 Å². The molecular formula is C7H10O2. The van der Waals surface area contributed by atoms with Gasteiger partial charge < -0.3 is 4.74 Å². The third-order valence-corrected chi connectivity index (χ3v) is 1.42. The maximum atomic E-state index is 10.7. The van der Waals surface area contributed by atoms with Crippen LogP contribution in [0.2, 0.25) is 0 Å². The van der Waals surface area contributed by atoms with E-state index in [9.17, 15) is 4.79 Å². The van der Waals surface area contributed by atoms with Crippen LogP contribution >= 0.6 is 0 Å². The highest BCUT2D eigenvalue weighted by Gasteiger charge is 2.16. The predicted octanol–water partition coefficient (Wildman–Crippen LogP) is 0.778. The van der Waals surface area contributed by atoms with Crippen molar-refractivity contribution < 1.29 is 9.53 Å². The van der Waals surface area contributed by atoms with Gasteiger partial charge in [-0.15, -0.1) is 6.58 Å². The van der Waals surface area contributed by atoms with Gasteiger partial charge in [0, 0.05) is 12.3 Å². The molecule has 0 aliphatic carbocycles. The molecule has 0 bridgehead atoms. The van der Waals surface area contributed by atoms with Crippen LogP contribution in [0.5, 0.6) is 0 Å². The van der Waals surface area contributed by atoms with Crippen molar-refractivity contribution >= 4 is 5.78 Å². The molecule has 0 spiro atoms. The van der Waals surface area contributed by atoms with Gasteiger partial charge in [-0.1, -0.05) is 6.08 Å². The van der Waals surface area contributed by atoms with Crippen molar-refractivity contribution in [1.82, 2.24) is 0 Å². The van der Waals surface area contributed by atoms with E-state index in [0.717, 1.165) is 0 Å². The SMILES string of the molecule is C=CC1COCC(=O)C1. The lowest BCUT2D eigenvalue weighted by molar-refractivity contribution is -0.128. The van der Waals surface area contributed by atoms with Crippen molar-refractivity contribution in [1.29, 1.82) is 0 Å². The molecule has 0 aromatic heterocycles. The molecule has 0 aromatic rings. The predicted molar refractivity (Wildman–Crippen MR) is 34.1 cm³/mol. The quantitative estimate of drug-likeness (QED) is 0.485. The van der Waals surface area contributed by atoms with Gasteiger partial charge in [0.25, 0.3) is 0 Å². The van der Waals surface area contributed by atoms with E-state index in [2.05, 4.69) is 6.58 Å². The van der Waals surface area contributed by atoms with Crippen LogP contribution in [-0.2, 0) is 9.53 Å². The Morgan fingerprint density at radius 3 is 3.00 bits per heavy atom. The zero-order valence-electron chi connectivity index (χ0n) is 5.30. The van der Waals surface area contributed by atoms with Gasteiger partial charge in [-0.05, 0) is 0 Å². The second kappa shape index (κ2) is 2.78. The zero-order chi connectivity index (χ0) is 6.69. The fraction of sp³-hybridized carbons (Fsp3) is 0.571. The molecule has 1 aliphatic rings. The maximum absolute atomic E-state index is 10.7. The fourth-order valence-electron chi connectivity index (χ4n) is 0.886. The standard InChI is InChI=1S/C7H10O2/c1-2-6-3-7(8)5-9-4-6/h2,6H,1,3-5H2. The van der Waals surface area contributed by atoms with Crippen LogP contribution in [0, 0.1) is 5.92 Å². The smallest absolute Gasteiger partial charge is 0.159 e. The normalized spacial score (nSPS) is 28.0. The Bertz CT molecular complexity index is 129. The average molecular weight is 126 g/mol. The molecule has 0 radical (unpaired) electrons. The highest BCUT2D eigenvalue weighted by atomic mass is 16.5. The molecule has 0 aromatic carbocycles. The monoisotopic (exact) mass is 126 g/mol. The van der Waals surface area contributed by atoms with E-state index in [1.54, 1.807) is 6.08 Å². The molecule has 1 saturated heterocycles. The van der Waals surface area contributed by atoms with Crippen LogP contribution < -0.4 is 0 Å². The van der Waals surface area contributed by atoms with Gasteiger partial charge in [-0.25, -0.2) is 0 Å². The molecule has 0 saturated carbocycles. The Balaban J connectivity index is 2.40. The summed E-state index contributed by atoms with van der Waals surface area (Å²) in [5.41, 5.74) is 0. The number of Topliss-reactive ketones (excluding diaryl/α,β-unsaturated/α-hetero) is 1. The highest BCUT2D eigenvalue weighted by Crippen LogP contribution is 2.10. The molecule has 0 amide bonds. The van der Waals surface area contributed by atoms with Gasteiger partial charge in [-0.2, -0.15) is 0 Å². The van der Waals surface area contributed by atoms with Crippen LogP contribution in [0.4, 0.5) is 0 Å². The minimum absolute atomic E-state index is 0.186. The van der Waals surface area contributed by atoms with Crippen LogP contribution in [0.15, 0.2) is 12.7 Å². The molecule has 1 aliphatic heterocycles. The van der Waals surface area contributed by atoms with E-state index < -0.39 is 0 Å². The Morgan fingerprint density at radius 2 is 2.56 bits per heavy atom. The van der Waals surface area contributed by atoms with Gasteiger partial charge in [0.05, 0.1) is 6.61 Å². The molecule has 1 fully saturated rings. The molecule has 9 heavy (non-hydrogen) atoms. The molecule has 50 valence electrons. The lowest BCUT2D eigenvalue weighted by atomic mass is 10.0. The van der Waals surface area contributed by atoms with Crippen LogP contribution in [0.1, 0.15) is 6.42 Å². The Hall–Kier alpha value is -0.630. The fourth-order valence-corrected chi connectivity index (χ4v) is 0.886. The second-order valence-corrected chi connectivity index (χ2v) is 2.25. The van der Waals surface area contributed by atoms with Gasteiger partial charge in [0.15, 0.2) is 5.78 Å². The minimum Gasteiger partial charge on any atom is -0.373 e. The summed E-state index contributed by atoms with van der Waals surface area (Å²) in [4.78, 5) is 10.7. The number of carbonyl (C=O) groups excluding carboxylic acids is 1. The van der Waals surface area contributed by atoms with E-state index in [1.165, 1.54) is 0 Å². The number of hydrogen-bond acceptors (Lipinski definition) is 2. The van der Waals surface area contributed by atoms with Crippen LogP contribution in [0.3, 0.4) is 0 Å². The molecular weight excluding hydrogens is 116 g/mol. The molecule has 1 heterocycles. The Morgan fingerprint density at radius 1 is 1.78 bits per heavy atom. The van der Waals surface area contributed by atoms with Crippen LogP contribution in [0.25, 0.3) is 0 Å². The first kappa shape index (κ1) is 6.49. The van der Waals surface area contributed by atoms with E-state index in [-0.39, 0.29) is 11.7 Å². The first-order valence-electron chi connectivity index (χ1n) is 3.05. The summed E-state index contributed by atoms with van der Waals surface area (Å²) in [5.74, 6) is 0.442. The van der Waals surface area contributed by atoms with E-state index in [0.29, 0.717) is 19.6 Å². The van der Waals surface area contributed by atoms with E-state index in [1.807, 2.05) is 0 Å². The van der Waals surface area contributed by atoms with Crippen LogP contribution in [-0.4, -0.2) is 19.0 Å². The van der Waals surface area contributed by atoms with Crippen molar-refractivity contribution in [2.24, 2.45) is 5.92 Å². The molecule has 2 heteroatoms. The summed E-state index contributed by atoms with van der Waals surface area (Å²) >= 11 is 0. The summed E-state index contributed by atoms with van der Waals surface area (Å²) in [6.07, 6.45) is 2.39.